The van der Waals surface area contributed by atoms with E-state index in [-0.39, 0.29) is 0 Å². The largest absolute Gasteiger partial charge is 0.315 e. The molecule has 3 heteroatoms. The van der Waals surface area contributed by atoms with Gasteiger partial charge in [-0.1, -0.05) is 12.8 Å². The molecule has 0 spiro atoms. The molecule has 1 N–H and O–H groups in total. The molecule has 1 saturated heterocycles. The summed E-state index contributed by atoms with van der Waals surface area (Å²) in [5, 5.41) is 3.74. The summed E-state index contributed by atoms with van der Waals surface area (Å²) in [5.74, 6) is 3.61. The molecule has 0 aromatic carbocycles. The molecular formula is C13H26N2S. The molecule has 0 bridgehead atoms. The van der Waals surface area contributed by atoms with Gasteiger partial charge in [0.25, 0.3) is 0 Å². The highest BCUT2D eigenvalue weighted by atomic mass is 32.2. The maximum absolute atomic E-state index is 3.74. The number of nitrogens with zero attached hydrogens (tertiary/aromatic N) is 1. The molecule has 2 nitrogen and oxygen atoms in total. The van der Waals surface area contributed by atoms with Crippen LogP contribution in [0.4, 0.5) is 0 Å². The Balaban J connectivity index is 1.73. The number of nitrogens with one attached hydrogen (secondary N) is 1. The fourth-order valence-electron chi connectivity index (χ4n) is 2.97. The predicted octanol–water partition coefficient (Wildman–Crippen LogP) is 2.20. The van der Waals surface area contributed by atoms with Crippen molar-refractivity contribution in [1.82, 2.24) is 10.2 Å². The molecule has 0 radical (unpaired) electrons. The van der Waals surface area contributed by atoms with Crippen LogP contribution >= 0.6 is 11.8 Å². The van der Waals surface area contributed by atoms with Gasteiger partial charge >= 0.3 is 0 Å². The van der Waals surface area contributed by atoms with Crippen LogP contribution in [0.2, 0.25) is 0 Å². The van der Waals surface area contributed by atoms with Crippen LogP contribution in [0.3, 0.4) is 0 Å². The van der Waals surface area contributed by atoms with Crippen LogP contribution in [0.5, 0.6) is 0 Å². The first kappa shape index (κ1) is 12.7. The summed E-state index contributed by atoms with van der Waals surface area (Å²) in [6.45, 7) is 2.43. The van der Waals surface area contributed by atoms with Crippen molar-refractivity contribution in [3.8, 4) is 0 Å². The summed E-state index contributed by atoms with van der Waals surface area (Å²) in [4.78, 5) is 2.44. The highest BCUT2D eigenvalue weighted by Crippen LogP contribution is 2.31. The summed E-state index contributed by atoms with van der Waals surface area (Å²) >= 11 is 2.11. The van der Waals surface area contributed by atoms with Crippen LogP contribution < -0.4 is 5.32 Å². The molecule has 0 aromatic heterocycles. The molecule has 0 amide bonds. The van der Waals surface area contributed by atoms with Crippen molar-refractivity contribution in [3.63, 3.8) is 0 Å². The molecule has 1 atom stereocenters. The fourth-order valence-corrected chi connectivity index (χ4v) is 4.52. The van der Waals surface area contributed by atoms with E-state index in [2.05, 4.69) is 36.1 Å². The molecule has 94 valence electrons. The van der Waals surface area contributed by atoms with Crippen molar-refractivity contribution in [1.29, 1.82) is 0 Å². The molecule has 2 rings (SSSR count). The van der Waals surface area contributed by atoms with Crippen molar-refractivity contribution >= 4 is 11.8 Å². The van der Waals surface area contributed by atoms with Crippen molar-refractivity contribution in [2.45, 2.75) is 37.6 Å². The molecule has 1 heterocycles. The van der Waals surface area contributed by atoms with Crippen molar-refractivity contribution in [2.75, 3.05) is 38.7 Å². The van der Waals surface area contributed by atoms with Crippen LogP contribution in [0.1, 0.15) is 32.1 Å². The maximum Gasteiger partial charge on any atom is 0.0425 e. The summed E-state index contributed by atoms with van der Waals surface area (Å²) in [5.41, 5.74) is 0.434. The number of likely N-dealkylation sites (N-methyl/N-ethyl adjacent to an activating group) is 1. The average Bonchev–Trinajstić information content (AvgIpc) is 2.88. The third-order valence-corrected chi connectivity index (χ3v) is 5.63. The van der Waals surface area contributed by atoms with Gasteiger partial charge < -0.3 is 10.2 Å². The molecule has 2 aliphatic rings. The summed E-state index contributed by atoms with van der Waals surface area (Å²) in [7, 11) is 4.48. The summed E-state index contributed by atoms with van der Waals surface area (Å²) < 4.78 is 0. The maximum atomic E-state index is 3.74. The highest BCUT2D eigenvalue weighted by molar-refractivity contribution is 7.99. The third-order valence-electron chi connectivity index (χ3n) is 4.39. The Bertz CT molecular complexity index is 206. The smallest absolute Gasteiger partial charge is 0.0425 e. The molecule has 16 heavy (non-hydrogen) atoms. The zero-order valence-electron chi connectivity index (χ0n) is 10.8. The second-order valence-electron chi connectivity index (χ2n) is 5.70. The van der Waals surface area contributed by atoms with E-state index in [0.29, 0.717) is 5.54 Å². The van der Waals surface area contributed by atoms with Crippen molar-refractivity contribution < 1.29 is 0 Å². The molecule has 1 aliphatic heterocycles. The van der Waals surface area contributed by atoms with E-state index in [1.165, 1.54) is 56.7 Å². The zero-order valence-corrected chi connectivity index (χ0v) is 11.6. The van der Waals surface area contributed by atoms with Gasteiger partial charge in [0.05, 0.1) is 0 Å². The van der Waals surface area contributed by atoms with E-state index in [0.717, 1.165) is 5.92 Å². The number of hydrogen-bond acceptors (Lipinski definition) is 3. The SMILES string of the molecule is CN(C)C1(CNCC2CCCC2)CCSC1. The van der Waals surface area contributed by atoms with Gasteiger partial charge in [-0.3, -0.25) is 0 Å². The third kappa shape index (κ3) is 2.93. The van der Waals surface area contributed by atoms with Crippen LogP contribution in [-0.4, -0.2) is 49.1 Å². The van der Waals surface area contributed by atoms with Gasteiger partial charge in [0.15, 0.2) is 0 Å². The van der Waals surface area contributed by atoms with Gasteiger partial charge in [-0.15, -0.1) is 0 Å². The van der Waals surface area contributed by atoms with E-state index in [1.807, 2.05) is 0 Å². The van der Waals surface area contributed by atoms with Gasteiger partial charge in [-0.05, 0) is 51.6 Å². The molecular weight excluding hydrogens is 216 g/mol. The first-order valence-corrected chi connectivity index (χ1v) is 7.84. The fraction of sp³-hybridized carbons (Fsp3) is 1.00. The van der Waals surface area contributed by atoms with E-state index in [9.17, 15) is 0 Å². The van der Waals surface area contributed by atoms with Crippen LogP contribution in [0.25, 0.3) is 0 Å². The number of hydrogen-bond donors (Lipinski definition) is 1. The molecule has 1 saturated carbocycles. The van der Waals surface area contributed by atoms with Crippen LogP contribution in [0, 0.1) is 5.92 Å². The van der Waals surface area contributed by atoms with E-state index >= 15 is 0 Å². The van der Waals surface area contributed by atoms with Crippen molar-refractivity contribution in [3.05, 3.63) is 0 Å². The molecule has 2 fully saturated rings. The Morgan fingerprint density at radius 3 is 2.62 bits per heavy atom. The van der Waals surface area contributed by atoms with Crippen LogP contribution in [-0.2, 0) is 0 Å². The van der Waals surface area contributed by atoms with E-state index < -0.39 is 0 Å². The molecule has 0 aromatic rings. The molecule has 1 unspecified atom stereocenters. The standard InChI is InChI=1S/C13H26N2S/c1-15(2)13(7-8-16-11-13)10-14-9-12-5-3-4-6-12/h12,14H,3-11H2,1-2H3. The van der Waals surface area contributed by atoms with E-state index in [1.54, 1.807) is 0 Å². The average molecular weight is 242 g/mol. The lowest BCUT2D eigenvalue weighted by Gasteiger charge is -2.36. The Kier molecular flexibility index (Phi) is 4.57. The normalized spacial score (nSPS) is 31.7. The van der Waals surface area contributed by atoms with Gasteiger partial charge in [-0.2, -0.15) is 11.8 Å². The predicted molar refractivity (Wildman–Crippen MR) is 73.2 cm³/mol. The Morgan fingerprint density at radius 1 is 1.31 bits per heavy atom. The van der Waals surface area contributed by atoms with Gasteiger partial charge in [0.1, 0.15) is 0 Å². The second kappa shape index (κ2) is 5.74. The Labute approximate surface area is 105 Å². The summed E-state index contributed by atoms with van der Waals surface area (Å²) in [6.07, 6.45) is 7.18. The monoisotopic (exact) mass is 242 g/mol. The molecule has 1 aliphatic carbocycles. The first-order valence-electron chi connectivity index (χ1n) is 6.69. The first-order chi connectivity index (χ1) is 7.73. The zero-order chi connectivity index (χ0) is 11.4. The van der Waals surface area contributed by atoms with Crippen molar-refractivity contribution in [2.24, 2.45) is 5.92 Å². The van der Waals surface area contributed by atoms with Gasteiger partial charge in [0, 0.05) is 17.8 Å². The summed E-state index contributed by atoms with van der Waals surface area (Å²) in [6, 6.07) is 0. The lowest BCUT2D eigenvalue weighted by Crippen LogP contribution is -2.52. The quantitative estimate of drug-likeness (QED) is 0.796. The lowest BCUT2D eigenvalue weighted by atomic mass is 9.97. The topological polar surface area (TPSA) is 15.3 Å². The minimum Gasteiger partial charge on any atom is -0.315 e. The Hall–Kier alpha value is 0.270. The minimum absolute atomic E-state index is 0.434. The van der Waals surface area contributed by atoms with E-state index in [4.69, 9.17) is 0 Å². The Morgan fingerprint density at radius 2 is 2.06 bits per heavy atom. The van der Waals surface area contributed by atoms with Crippen LogP contribution in [0.15, 0.2) is 0 Å². The second-order valence-corrected chi connectivity index (χ2v) is 6.81. The minimum atomic E-state index is 0.434. The highest BCUT2D eigenvalue weighted by Gasteiger charge is 2.36. The number of rotatable bonds is 5. The lowest BCUT2D eigenvalue weighted by molar-refractivity contribution is 0.174. The number of thioether (sulfide) groups is 1. The van der Waals surface area contributed by atoms with Gasteiger partial charge in [0.2, 0.25) is 0 Å². The van der Waals surface area contributed by atoms with Gasteiger partial charge in [-0.25, -0.2) is 0 Å².